The first kappa shape index (κ1) is 22.5. The van der Waals surface area contributed by atoms with Crippen molar-refractivity contribution in [2.24, 2.45) is 0 Å². The predicted molar refractivity (Wildman–Crippen MR) is 46.4 cm³/mol. The Morgan fingerprint density at radius 2 is 1.73 bits per heavy atom. The van der Waals surface area contributed by atoms with Crippen molar-refractivity contribution in [3.63, 3.8) is 0 Å². The van der Waals surface area contributed by atoms with Gasteiger partial charge in [-0.15, -0.1) is 6.54 Å². The zero-order chi connectivity index (χ0) is 7.86. The number of carbonyl (C=O) groups excluding carboxylic acids is 1. The summed E-state index contributed by atoms with van der Waals surface area (Å²) in [5.41, 5.74) is 0. The molecule has 0 spiro atoms. The number of hydrogen-bond donors (Lipinski definition) is 0. The molecule has 1 amide bonds. The summed E-state index contributed by atoms with van der Waals surface area (Å²) >= 11 is 0. The maximum Gasteiger partial charge on any atom is 2.00 e. The Morgan fingerprint density at radius 3 is 1.73 bits per heavy atom. The molecule has 0 fully saturated rings. The van der Waals surface area contributed by atoms with E-state index in [2.05, 4.69) is 6.92 Å². The summed E-state index contributed by atoms with van der Waals surface area (Å²) in [7, 11) is 1.72. The van der Waals surface area contributed by atoms with Crippen molar-refractivity contribution in [3.8, 4) is 0 Å². The Kier molecular flexibility index (Phi) is 34.6. The standard InChI is InChI=1S/C5H10NO.C2H6.CH3.U/c1-4-6(3)5(2)7;1-2;;/h1,4H2,2-3H3;1-2H3;1H3;/q-1;;-1;+2. The Morgan fingerprint density at radius 1 is 1.45 bits per heavy atom. The van der Waals surface area contributed by atoms with E-state index >= 15 is 0 Å². The summed E-state index contributed by atoms with van der Waals surface area (Å²) in [6.07, 6.45) is 0. The van der Waals surface area contributed by atoms with Crippen LogP contribution >= 0.6 is 0 Å². The summed E-state index contributed by atoms with van der Waals surface area (Å²) in [6, 6.07) is 0. The topological polar surface area (TPSA) is 20.3 Å². The van der Waals surface area contributed by atoms with Crippen molar-refractivity contribution in [1.29, 1.82) is 0 Å². The summed E-state index contributed by atoms with van der Waals surface area (Å²) < 4.78 is 0. The largest absolute Gasteiger partial charge is 2.00 e. The van der Waals surface area contributed by atoms with E-state index in [1.54, 1.807) is 11.9 Å². The normalized spacial score (nSPS) is 5.91. The van der Waals surface area contributed by atoms with E-state index in [4.69, 9.17) is 0 Å². The van der Waals surface area contributed by atoms with Crippen LogP contribution in [0.5, 0.6) is 0 Å². The third-order valence-electron chi connectivity index (χ3n) is 0.873. The van der Waals surface area contributed by atoms with Gasteiger partial charge in [0.1, 0.15) is 0 Å². The van der Waals surface area contributed by atoms with Crippen molar-refractivity contribution in [2.75, 3.05) is 13.6 Å². The average molecular weight is 383 g/mol. The molecule has 0 aromatic heterocycles. The minimum atomic E-state index is 0. The van der Waals surface area contributed by atoms with E-state index in [9.17, 15) is 4.79 Å². The Hall–Kier alpha value is 0.522. The van der Waals surface area contributed by atoms with Gasteiger partial charge in [-0.3, -0.25) is 4.79 Å². The minimum absolute atomic E-state index is 0. The van der Waals surface area contributed by atoms with Crippen molar-refractivity contribution in [2.45, 2.75) is 20.8 Å². The first-order valence-electron chi connectivity index (χ1n) is 3.19. The second-order valence-corrected chi connectivity index (χ2v) is 1.44. The first-order valence-corrected chi connectivity index (χ1v) is 3.19. The summed E-state index contributed by atoms with van der Waals surface area (Å²) in [4.78, 5) is 11.8. The number of hydrogen-bond acceptors (Lipinski definition) is 1. The quantitative estimate of drug-likeness (QED) is 0.633. The molecule has 0 bridgehead atoms. The molecule has 0 aliphatic heterocycles. The molecule has 0 aromatic rings. The fourth-order valence-corrected chi connectivity index (χ4v) is 0.157. The van der Waals surface area contributed by atoms with Gasteiger partial charge in [0.2, 0.25) is 5.91 Å². The van der Waals surface area contributed by atoms with Gasteiger partial charge in [-0.05, 0) is 0 Å². The van der Waals surface area contributed by atoms with Gasteiger partial charge in [-0.25, -0.2) is 0 Å². The van der Waals surface area contributed by atoms with Crippen LogP contribution in [0.2, 0.25) is 0 Å². The van der Waals surface area contributed by atoms with Gasteiger partial charge in [0.05, 0.1) is 0 Å². The third-order valence-corrected chi connectivity index (χ3v) is 0.873. The molecule has 0 aliphatic carbocycles. The van der Waals surface area contributed by atoms with E-state index in [0.717, 1.165) is 0 Å². The summed E-state index contributed by atoms with van der Waals surface area (Å²) in [5.74, 6) is 0.0648. The van der Waals surface area contributed by atoms with Crippen molar-refractivity contribution >= 4 is 5.91 Å². The van der Waals surface area contributed by atoms with Gasteiger partial charge in [-0.1, -0.05) is 13.8 Å². The van der Waals surface area contributed by atoms with Crippen molar-refractivity contribution < 1.29 is 35.9 Å². The van der Waals surface area contributed by atoms with Gasteiger partial charge in [0.25, 0.3) is 0 Å². The van der Waals surface area contributed by atoms with E-state index in [-0.39, 0.29) is 44.4 Å². The molecule has 0 aliphatic rings. The number of nitrogens with zero attached hydrogens (tertiary/aromatic N) is 1. The van der Waals surface area contributed by atoms with Gasteiger partial charge >= 0.3 is 31.1 Å². The molecule has 0 atom stereocenters. The molecular formula is C8H19NOU. The molecule has 0 saturated carbocycles. The predicted octanol–water partition coefficient (Wildman–Crippen LogP) is 1.78. The SMILES string of the molecule is CC.[CH2-]CN(C)C(C)=O.[CH3-].[U+2]. The van der Waals surface area contributed by atoms with Gasteiger partial charge < -0.3 is 19.3 Å². The van der Waals surface area contributed by atoms with E-state index in [0.29, 0.717) is 6.54 Å². The van der Waals surface area contributed by atoms with Crippen LogP contribution in [-0.4, -0.2) is 24.4 Å². The van der Waals surface area contributed by atoms with Crippen LogP contribution in [0.15, 0.2) is 0 Å². The third kappa shape index (κ3) is 18.0. The Bertz CT molecular complexity index is 76.5. The second kappa shape index (κ2) is 16.9. The fraction of sp³-hybridized carbons (Fsp3) is 0.625. The molecular weight excluding hydrogens is 364 g/mol. The number of rotatable bonds is 1. The van der Waals surface area contributed by atoms with Gasteiger partial charge in [0, 0.05) is 14.0 Å². The van der Waals surface area contributed by atoms with E-state index in [1.807, 2.05) is 13.8 Å². The molecule has 0 unspecified atom stereocenters. The first-order chi connectivity index (χ1) is 4.18. The van der Waals surface area contributed by atoms with E-state index in [1.165, 1.54) is 6.92 Å². The Labute approximate surface area is 95.1 Å². The molecule has 66 valence electrons. The Balaban J connectivity index is -0.0000000564. The molecule has 11 heavy (non-hydrogen) atoms. The number of amides is 1. The number of carbonyl (C=O) groups is 1. The van der Waals surface area contributed by atoms with Crippen LogP contribution in [0.25, 0.3) is 0 Å². The average Bonchev–Trinajstić information content (AvgIpc) is 1.91. The maximum absolute atomic E-state index is 10.3. The van der Waals surface area contributed by atoms with Gasteiger partial charge in [-0.2, -0.15) is 0 Å². The molecule has 0 heterocycles. The van der Waals surface area contributed by atoms with Crippen LogP contribution in [0.3, 0.4) is 0 Å². The summed E-state index contributed by atoms with van der Waals surface area (Å²) in [6.45, 7) is 9.58. The zero-order valence-corrected chi connectivity index (χ0v) is 12.4. The zero-order valence-electron chi connectivity index (χ0n) is 8.27. The van der Waals surface area contributed by atoms with Gasteiger partial charge in [0.15, 0.2) is 0 Å². The monoisotopic (exact) mass is 383 g/mol. The molecule has 0 aromatic carbocycles. The minimum Gasteiger partial charge on any atom is -0.376 e. The van der Waals surface area contributed by atoms with Crippen LogP contribution in [-0.2, 0) is 4.79 Å². The molecule has 0 rings (SSSR count). The smallest absolute Gasteiger partial charge is 0.376 e. The second-order valence-electron chi connectivity index (χ2n) is 1.44. The summed E-state index contributed by atoms with van der Waals surface area (Å²) in [5, 5.41) is 0. The molecule has 3 heteroatoms. The molecule has 0 N–H and O–H groups in total. The van der Waals surface area contributed by atoms with Crippen LogP contribution in [0.1, 0.15) is 20.8 Å². The van der Waals surface area contributed by atoms with Crippen LogP contribution in [0.4, 0.5) is 0 Å². The fourth-order valence-electron chi connectivity index (χ4n) is 0.157. The molecule has 0 saturated heterocycles. The van der Waals surface area contributed by atoms with Crippen LogP contribution < -0.4 is 0 Å². The maximum atomic E-state index is 10.3. The van der Waals surface area contributed by atoms with Crippen LogP contribution in [0, 0.1) is 45.5 Å². The molecule has 0 radical (unpaired) electrons. The molecule has 2 nitrogen and oxygen atoms in total. The van der Waals surface area contributed by atoms with Crippen molar-refractivity contribution in [3.05, 3.63) is 14.4 Å². The van der Waals surface area contributed by atoms with Crippen molar-refractivity contribution in [1.82, 2.24) is 4.90 Å². The van der Waals surface area contributed by atoms with E-state index < -0.39 is 0 Å².